The molecule has 0 unspecified atom stereocenters. The third-order valence-electron chi connectivity index (χ3n) is 2.24. The highest BCUT2D eigenvalue weighted by molar-refractivity contribution is 5.85. The largest absolute Gasteiger partial charge is 0.417 e. The summed E-state index contributed by atoms with van der Waals surface area (Å²) in [6, 6.07) is 3.31. The van der Waals surface area contributed by atoms with Crippen molar-refractivity contribution in [1.29, 1.82) is 0 Å². The Bertz CT molecular complexity index is 544. The quantitative estimate of drug-likeness (QED) is 0.446. The van der Waals surface area contributed by atoms with Crippen molar-refractivity contribution in [2.75, 3.05) is 24.2 Å². The maximum Gasteiger partial charge on any atom is 0.417 e. The highest BCUT2D eigenvalue weighted by Gasteiger charge is 2.05. The zero-order valence-corrected chi connectivity index (χ0v) is 8.62. The van der Waals surface area contributed by atoms with Gasteiger partial charge in [0.05, 0.1) is 16.9 Å². The molecule has 0 aliphatic carbocycles. The molecule has 86 valence electrons. The van der Waals surface area contributed by atoms with Crippen molar-refractivity contribution in [1.82, 2.24) is 4.98 Å². The topological polar surface area (TPSA) is 104 Å². The number of hydrogen-bond acceptors (Lipinski definition) is 5. The standard InChI is InChI=1S/C10H13N3O3/c11-6-4-9-8(13-10(15)16-9)5-7(6)12-2-1-3-14/h4-5,12,14H,1-3,11H2,(H,13,15). The summed E-state index contributed by atoms with van der Waals surface area (Å²) in [4.78, 5) is 13.5. The van der Waals surface area contributed by atoms with Crippen LogP contribution in [-0.2, 0) is 0 Å². The summed E-state index contributed by atoms with van der Waals surface area (Å²) in [6.07, 6.45) is 0.638. The van der Waals surface area contributed by atoms with Crippen LogP contribution in [0.3, 0.4) is 0 Å². The Labute approximate surface area is 91.1 Å². The molecule has 2 aromatic rings. The molecule has 1 aromatic heterocycles. The van der Waals surface area contributed by atoms with Gasteiger partial charge in [0.15, 0.2) is 5.58 Å². The number of aliphatic hydroxyl groups excluding tert-OH is 1. The molecule has 6 heteroatoms. The molecule has 0 fully saturated rings. The highest BCUT2D eigenvalue weighted by Crippen LogP contribution is 2.24. The zero-order chi connectivity index (χ0) is 11.5. The van der Waals surface area contributed by atoms with Gasteiger partial charge < -0.3 is 20.6 Å². The number of anilines is 2. The molecule has 0 aliphatic heterocycles. The van der Waals surface area contributed by atoms with Crippen molar-refractivity contribution in [3.63, 3.8) is 0 Å². The van der Waals surface area contributed by atoms with E-state index in [9.17, 15) is 4.79 Å². The van der Waals surface area contributed by atoms with Gasteiger partial charge in [-0.2, -0.15) is 0 Å². The van der Waals surface area contributed by atoms with Crippen LogP contribution in [0.5, 0.6) is 0 Å². The lowest BCUT2D eigenvalue weighted by Crippen LogP contribution is -2.05. The minimum atomic E-state index is -0.498. The lowest BCUT2D eigenvalue weighted by Gasteiger charge is -2.07. The first-order valence-corrected chi connectivity index (χ1v) is 4.98. The maximum atomic E-state index is 11.0. The molecule has 0 spiro atoms. The number of H-pyrrole nitrogens is 1. The van der Waals surface area contributed by atoms with Gasteiger partial charge in [-0.1, -0.05) is 0 Å². The fourth-order valence-electron chi connectivity index (χ4n) is 1.47. The fourth-order valence-corrected chi connectivity index (χ4v) is 1.47. The molecule has 0 radical (unpaired) electrons. The average Bonchev–Trinajstić information content (AvgIpc) is 2.58. The van der Waals surface area contributed by atoms with E-state index in [1.165, 1.54) is 0 Å². The second-order valence-corrected chi connectivity index (χ2v) is 3.45. The van der Waals surface area contributed by atoms with E-state index < -0.39 is 5.76 Å². The second-order valence-electron chi connectivity index (χ2n) is 3.45. The summed E-state index contributed by atoms with van der Waals surface area (Å²) in [5, 5.41) is 11.7. The van der Waals surface area contributed by atoms with E-state index in [-0.39, 0.29) is 6.61 Å². The molecular formula is C10H13N3O3. The number of hydrogen-bond donors (Lipinski definition) is 4. The average molecular weight is 223 g/mol. The molecule has 1 heterocycles. The third kappa shape index (κ3) is 2.01. The first-order chi connectivity index (χ1) is 7.70. The van der Waals surface area contributed by atoms with E-state index in [1.807, 2.05) is 0 Å². The second kappa shape index (κ2) is 4.28. The molecule has 0 aliphatic rings. The molecular weight excluding hydrogens is 210 g/mol. The minimum absolute atomic E-state index is 0.123. The molecule has 6 nitrogen and oxygen atoms in total. The number of fused-ring (bicyclic) bond motifs is 1. The lowest BCUT2D eigenvalue weighted by atomic mass is 10.2. The van der Waals surface area contributed by atoms with Gasteiger partial charge in [0.2, 0.25) is 0 Å². The number of oxazole rings is 1. The number of aromatic amines is 1. The molecule has 16 heavy (non-hydrogen) atoms. The van der Waals surface area contributed by atoms with Gasteiger partial charge in [0, 0.05) is 19.2 Å². The minimum Gasteiger partial charge on any atom is -0.408 e. The van der Waals surface area contributed by atoms with Crippen LogP contribution < -0.4 is 16.8 Å². The number of aromatic nitrogens is 1. The Kier molecular flexibility index (Phi) is 2.82. The number of nitrogens with one attached hydrogen (secondary N) is 2. The Morgan fingerprint density at radius 1 is 1.50 bits per heavy atom. The Hall–Kier alpha value is -1.95. The molecule has 5 N–H and O–H groups in total. The van der Waals surface area contributed by atoms with Crippen molar-refractivity contribution in [2.24, 2.45) is 0 Å². The van der Waals surface area contributed by atoms with E-state index in [2.05, 4.69) is 10.3 Å². The Morgan fingerprint density at radius 2 is 2.31 bits per heavy atom. The molecule has 1 aromatic carbocycles. The summed E-state index contributed by atoms with van der Waals surface area (Å²) in [5.74, 6) is -0.498. The number of benzene rings is 1. The van der Waals surface area contributed by atoms with Gasteiger partial charge in [0.1, 0.15) is 0 Å². The first-order valence-electron chi connectivity index (χ1n) is 4.98. The summed E-state index contributed by atoms with van der Waals surface area (Å²) >= 11 is 0. The van der Waals surface area contributed by atoms with Crippen LogP contribution in [0, 0.1) is 0 Å². The molecule has 0 atom stereocenters. The molecule has 0 amide bonds. The van der Waals surface area contributed by atoms with Crippen LogP contribution in [0.1, 0.15) is 6.42 Å². The predicted molar refractivity (Wildman–Crippen MR) is 61.4 cm³/mol. The SMILES string of the molecule is Nc1cc2oc(=O)[nH]c2cc1NCCCO. The number of nitrogen functional groups attached to an aromatic ring is 1. The number of rotatable bonds is 4. The zero-order valence-electron chi connectivity index (χ0n) is 8.62. The van der Waals surface area contributed by atoms with E-state index in [4.69, 9.17) is 15.3 Å². The first kappa shape index (κ1) is 10.6. The van der Waals surface area contributed by atoms with Crippen molar-refractivity contribution < 1.29 is 9.52 Å². The Morgan fingerprint density at radius 3 is 3.06 bits per heavy atom. The van der Waals surface area contributed by atoms with Crippen molar-refractivity contribution in [3.05, 3.63) is 22.7 Å². The number of aliphatic hydroxyl groups is 1. The normalized spacial score (nSPS) is 10.8. The summed E-state index contributed by atoms with van der Waals surface area (Å²) in [5.41, 5.74) is 8.05. The van der Waals surface area contributed by atoms with Gasteiger partial charge in [0.25, 0.3) is 0 Å². The van der Waals surface area contributed by atoms with Gasteiger partial charge in [-0.3, -0.25) is 4.98 Å². The predicted octanol–water partition coefficient (Wildman–Crippen LogP) is 0.498. The molecule has 0 bridgehead atoms. The van der Waals surface area contributed by atoms with Gasteiger partial charge in [-0.15, -0.1) is 0 Å². The molecule has 2 rings (SSSR count). The van der Waals surface area contributed by atoms with E-state index >= 15 is 0 Å². The number of nitrogens with two attached hydrogens (primary N) is 1. The fraction of sp³-hybridized carbons (Fsp3) is 0.300. The maximum absolute atomic E-state index is 11.0. The van der Waals surface area contributed by atoms with Crippen LogP contribution >= 0.6 is 0 Å². The van der Waals surface area contributed by atoms with Gasteiger partial charge in [-0.25, -0.2) is 4.79 Å². The van der Waals surface area contributed by atoms with Crippen molar-refractivity contribution >= 4 is 22.5 Å². The smallest absolute Gasteiger partial charge is 0.408 e. The molecule has 0 saturated carbocycles. The van der Waals surface area contributed by atoms with Crippen LogP contribution in [0.2, 0.25) is 0 Å². The summed E-state index contributed by atoms with van der Waals surface area (Å²) in [7, 11) is 0. The van der Waals surface area contributed by atoms with E-state index in [1.54, 1.807) is 12.1 Å². The van der Waals surface area contributed by atoms with Crippen LogP contribution in [0.4, 0.5) is 11.4 Å². The molecule has 0 saturated heterocycles. The van der Waals surface area contributed by atoms with E-state index in [0.717, 1.165) is 5.69 Å². The lowest BCUT2D eigenvalue weighted by molar-refractivity contribution is 0.292. The van der Waals surface area contributed by atoms with Gasteiger partial charge >= 0.3 is 5.76 Å². The van der Waals surface area contributed by atoms with Crippen LogP contribution in [0.15, 0.2) is 21.3 Å². The third-order valence-corrected chi connectivity index (χ3v) is 2.24. The van der Waals surface area contributed by atoms with Crippen LogP contribution in [-0.4, -0.2) is 23.2 Å². The summed E-state index contributed by atoms with van der Waals surface area (Å²) < 4.78 is 4.87. The highest BCUT2D eigenvalue weighted by atomic mass is 16.4. The van der Waals surface area contributed by atoms with Crippen LogP contribution in [0.25, 0.3) is 11.1 Å². The van der Waals surface area contributed by atoms with Crippen molar-refractivity contribution in [2.45, 2.75) is 6.42 Å². The summed E-state index contributed by atoms with van der Waals surface area (Å²) in [6.45, 7) is 0.742. The van der Waals surface area contributed by atoms with Crippen molar-refractivity contribution in [3.8, 4) is 0 Å². The monoisotopic (exact) mass is 223 g/mol. The van der Waals surface area contributed by atoms with Gasteiger partial charge in [-0.05, 0) is 12.5 Å². The van der Waals surface area contributed by atoms with E-state index in [0.29, 0.717) is 29.8 Å². The Balaban J connectivity index is 2.30.